The molecule has 28 heavy (non-hydrogen) atoms. The number of piperidine rings is 1. The summed E-state index contributed by atoms with van der Waals surface area (Å²) < 4.78 is 5.94. The van der Waals surface area contributed by atoms with Crippen LogP contribution in [-0.2, 0) is 17.8 Å². The van der Waals surface area contributed by atoms with E-state index >= 15 is 0 Å². The zero-order valence-corrected chi connectivity index (χ0v) is 16.0. The summed E-state index contributed by atoms with van der Waals surface area (Å²) >= 11 is 0. The first-order valence-corrected chi connectivity index (χ1v) is 10.2. The second kappa shape index (κ2) is 7.40. The molecule has 0 bridgehead atoms. The summed E-state index contributed by atoms with van der Waals surface area (Å²) in [4.78, 5) is 21.7. The highest BCUT2D eigenvalue weighted by molar-refractivity contribution is 5.78. The fourth-order valence-corrected chi connectivity index (χ4v) is 4.42. The van der Waals surface area contributed by atoms with E-state index in [1.807, 2.05) is 29.2 Å². The number of oxazole rings is 1. The van der Waals surface area contributed by atoms with Gasteiger partial charge in [-0.1, -0.05) is 36.4 Å². The van der Waals surface area contributed by atoms with Crippen molar-refractivity contribution < 1.29 is 9.21 Å². The molecular weight excluding hydrogens is 350 g/mol. The van der Waals surface area contributed by atoms with Gasteiger partial charge < -0.3 is 9.32 Å². The normalized spacial score (nSPS) is 18.4. The lowest BCUT2D eigenvalue weighted by Crippen LogP contribution is -2.45. The molecule has 3 aromatic rings. The zero-order chi connectivity index (χ0) is 18.9. The number of carbonyl (C=O) groups excluding carboxylic acids is 1. The van der Waals surface area contributed by atoms with Gasteiger partial charge in [0.2, 0.25) is 5.91 Å². The van der Waals surface area contributed by atoms with Gasteiger partial charge in [0.1, 0.15) is 5.52 Å². The molecule has 144 valence electrons. The van der Waals surface area contributed by atoms with Gasteiger partial charge in [-0.25, -0.2) is 4.98 Å². The minimum Gasteiger partial charge on any atom is -0.440 e. The molecule has 2 aliphatic heterocycles. The van der Waals surface area contributed by atoms with Gasteiger partial charge in [-0.15, -0.1) is 0 Å². The number of carbonyl (C=O) groups is 1. The molecule has 2 aliphatic rings. The predicted molar refractivity (Wildman–Crippen MR) is 108 cm³/mol. The number of hydrogen-bond donors (Lipinski definition) is 0. The van der Waals surface area contributed by atoms with Gasteiger partial charge in [-0.3, -0.25) is 9.69 Å². The van der Waals surface area contributed by atoms with Crippen LogP contribution in [0.3, 0.4) is 0 Å². The monoisotopic (exact) mass is 375 g/mol. The molecule has 3 heterocycles. The highest BCUT2D eigenvalue weighted by Crippen LogP contribution is 2.30. The summed E-state index contributed by atoms with van der Waals surface area (Å²) in [7, 11) is 0. The maximum atomic E-state index is 12.8. The number of likely N-dealkylation sites (tertiary alicyclic amines) is 1. The molecule has 0 radical (unpaired) electrons. The van der Waals surface area contributed by atoms with Gasteiger partial charge in [-0.05, 0) is 42.5 Å². The standard InChI is InChI=1S/C23H25N3O2/c27-22(16-25-12-9-17-5-1-2-6-19(17)15-25)26-13-10-18(11-14-26)23-24-20-7-3-4-8-21(20)28-23/h1-8,18H,9-16H2. The van der Waals surface area contributed by atoms with Gasteiger partial charge in [0, 0.05) is 32.1 Å². The summed E-state index contributed by atoms with van der Waals surface area (Å²) in [5, 5.41) is 0. The van der Waals surface area contributed by atoms with Crippen molar-refractivity contribution in [3.05, 3.63) is 65.5 Å². The lowest BCUT2D eigenvalue weighted by atomic mass is 9.96. The molecule has 1 saturated heterocycles. The fourth-order valence-electron chi connectivity index (χ4n) is 4.42. The number of nitrogens with zero attached hydrogens (tertiary/aromatic N) is 3. The lowest BCUT2D eigenvalue weighted by molar-refractivity contribution is -0.133. The third-order valence-corrected chi connectivity index (χ3v) is 6.08. The van der Waals surface area contributed by atoms with E-state index in [-0.39, 0.29) is 5.91 Å². The highest BCUT2D eigenvalue weighted by Gasteiger charge is 2.28. The van der Waals surface area contributed by atoms with Gasteiger partial charge in [-0.2, -0.15) is 0 Å². The Balaban J connectivity index is 1.17. The molecule has 1 amide bonds. The van der Waals surface area contributed by atoms with Gasteiger partial charge >= 0.3 is 0 Å². The molecular formula is C23H25N3O2. The average molecular weight is 375 g/mol. The van der Waals surface area contributed by atoms with E-state index in [1.165, 1.54) is 11.1 Å². The van der Waals surface area contributed by atoms with E-state index in [1.54, 1.807) is 0 Å². The fraction of sp³-hybridized carbons (Fsp3) is 0.391. The Morgan fingerprint density at radius 3 is 2.57 bits per heavy atom. The number of benzene rings is 2. The Hall–Kier alpha value is -2.66. The third-order valence-electron chi connectivity index (χ3n) is 6.08. The van der Waals surface area contributed by atoms with Crippen LogP contribution in [0.25, 0.3) is 11.1 Å². The molecule has 0 aliphatic carbocycles. The summed E-state index contributed by atoms with van der Waals surface area (Å²) in [5.41, 5.74) is 4.55. The zero-order valence-electron chi connectivity index (χ0n) is 16.0. The van der Waals surface area contributed by atoms with Gasteiger partial charge in [0.15, 0.2) is 11.5 Å². The summed E-state index contributed by atoms with van der Waals surface area (Å²) in [6.45, 7) is 3.92. The minimum absolute atomic E-state index is 0.246. The van der Waals surface area contributed by atoms with E-state index in [4.69, 9.17) is 4.42 Å². The molecule has 0 unspecified atom stereocenters. The van der Waals surface area contributed by atoms with Crippen LogP contribution in [-0.4, -0.2) is 46.9 Å². The molecule has 1 aromatic heterocycles. The van der Waals surface area contributed by atoms with Crippen molar-refractivity contribution in [1.82, 2.24) is 14.8 Å². The van der Waals surface area contributed by atoms with Crippen molar-refractivity contribution in [2.75, 3.05) is 26.2 Å². The number of hydrogen-bond acceptors (Lipinski definition) is 4. The molecule has 0 spiro atoms. The van der Waals surface area contributed by atoms with E-state index in [0.717, 1.165) is 62.4 Å². The van der Waals surface area contributed by atoms with Gasteiger partial charge in [0.05, 0.1) is 6.54 Å². The number of aromatic nitrogens is 1. The van der Waals surface area contributed by atoms with Crippen molar-refractivity contribution in [2.24, 2.45) is 0 Å². The van der Waals surface area contributed by atoms with Gasteiger partial charge in [0.25, 0.3) is 0 Å². The van der Waals surface area contributed by atoms with Crippen LogP contribution in [0.1, 0.15) is 35.8 Å². The maximum Gasteiger partial charge on any atom is 0.236 e. The first kappa shape index (κ1) is 17.4. The Bertz CT molecular complexity index is 955. The summed E-state index contributed by atoms with van der Waals surface area (Å²) in [6.07, 6.45) is 2.87. The molecule has 0 atom stereocenters. The summed E-state index contributed by atoms with van der Waals surface area (Å²) in [6, 6.07) is 16.5. The third kappa shape index (κ3) is 3.42. The smallest absolute Gasteiger partial charge is 0.236 e. The molecule has 5 nitrogen and oxygen atoms in total. The van der Waals surface area contributed by atoms with Crippen LogP contribution in [0.15, 0.2) is 52.9 Å². The van der Waals surface area contributed by atoms with Crippen LogP contribution in [0.4, 0.5) is 0 Å². The predicted octanol–water partition coefficient (Wildman–Crippen LogP) is 3.59. The average Bonchev–Trinajstić information content (AvgIpc) is 3.18. The molecule has 0 saturated carbocycles. The number of amides is 1. The molecule has 5 rings (SSSR count). The maximum absolute atomic E-state index is 12.8. The summed E-state index contributed by atoms with van der Waals surface area (Å²) in [5.74, 6) is 1.37. The number of para-hydroxylation sites is 2. The van der Waals surface area contributed by atoms with E-state index < -0.39 is 0 Å². The van der Waals surface area contributed by atoms with Crippen molar-refractivity contribution >= 4 is 17.0 Å². The second-order valence-corrected chi connectivity index (χ2v) is 7.90. The molecule has 2 aromatic carbocycles. The van der Waals surface area contributed by atoms with Crippen LogP contribution in [0.5, 0.6) is 0 Å². The molecule has 5 heteroatoms. The minimum atomic E-state index is 0.246. The van der Waals surface area contributed by atoms with E-state index in [2.05, 4.69) is 34.1 Å². The Morgan fingerprint density at radius 2 is 1.75 bits per heavy atom. The van der Waals surface area contributed by atoms with E-state index in [9.17, 15) is 4.79 Å². The van der Waals surface area contributed by atoms with Crippen molar-refractivity contribution in [3.8, 4) is 0 Å². The van der Waals surface area contributed by atoms with Crippen LogP contribution >= 0.6 is 0 Å². The SMILES string of the molecule is O=C(CN1CCc2ccccc2C1)N1CCC(c2nc3ccccc3o2)CC1. The van der Waals surface area contributed by atoms with Crippen LogP contribution < -0.4 is 0 Å². The second-order valence-electron chi connectivity index (χ2n) is 7.90. The Labute approximate surface area is 165 Å². The van der Waals surface area contributed by atoms with Crippen LogP contribution in [0.2, 0.25) is 0 Å². The Morgan fingerprint density at radius 1 is 1.00 bits per heavy atom. The number of fused-ring (bicyclic) bond motifs is 2. The quantitative estimate of drug-likeness (QED) is 0.702. The van der Waals surface area contributed by atoms with Crippen molar-refractivity contribution in [1.29, 1.82) is 0 Å². The topological polar surface area (TPSA) is 49.6 Å². The van der Waals surface area contributed by atoms with Crippen molar-refractivity contribution in [2.45, 2.75) is 31.7 Å². The first-order chi connectivity index (χ1) is 13.8. The van der Waals surface area contributed by atoms with Crippen molar-refractivity contribution in [3.63, 3.8) is 0 Å². The molecule has 0 N–H and O–H groups in total. The molecule has 1 fully saturated rings. The number of rotatable bonds is 3. The highest BCUT2D eigenvalue weighted by atomic mass is 16.3. The van der Waals surface area contributed by atoms with E-state index in [0.29, 0.717) is 12.5 Å². The van der Waals surface area contributed by atoms with Crippen LogP contribution in [0, 0.1) is 0 Å². The lowest BCUT2D eigenvalue weighted by Gasteiger charge is -2.34. The first-order valence-electron chi connectivity index (χ1n) is 10.2. The Kier molecular flexibility index (Phi) is 4.61. The largest absolute Gasteiger partial charge is 0.440 e.